The number of aromatic nitrogens is 3. The molecule has 0 radical (unpaired) electrons. The molecule has 2 aromatic heterocycles. The number of nitroso groups, excluding NO2 is 1. The molecule has 0 aliphatic rings. The lowest BCUT2D eigenvalue weighted by molar-refractivity contribution is 0.654. The summed E-state index contributed by atoms with van der Waals surface area (Å²) in [4.78, 5) is 21.2. The van der Waals surface area contributed by atoms with Crippen molar-refractivity contribution < 1.29 is 0 Å². The molecule has 0 saturated heterocycles. The highest BCUT2D eigenvalue weighted by Crippen LogP contribution is 2.25. The molecule has 0 saturated carbocycles. The highest BCUT2D eigenvalue weighted by molar-refractivity contribution is 6.34. The van der Waals surface area contributed by atoms with E-state index in [1.807, 2.05) is 26.8 Å². The van der Waals surface area contributed by atoms with Crippen molar-refractivity contribution in [1.29, 1.82) is 0 Å². The fourth-order valence-corrected chi connectivity index (χ4v) is 2.27. The Kier molecular flexibility index (Phi) is 4.65. The summed E-state index contributed by atoms with van der Waals surface area (Å²) in [5.41, 5.74) is 1.88. The number of rotatable bonds is 2. The van der Waals surface area contributed by atoms with Crippen molar-refractivity contribution in [3.8, 4) is 0 Å². The second-order valence-corrected chi connectivity index (χ2v) is 4.49. The zero-order chi connectivity index (χ0) is 15.4. The Bertz CT molecular complexity index is 768. The molecule has 0 amide bonds. The van der Waals surface area contributed by atoms with E-state index in [0.29, 0.717) is 21.9 Å². The first kappa shape index (κ1) is 15.1. The second kappa shape index (κ2) is 6.45. The highest BCUT2D eigenvalue weighted by atomic mass is 35.5. The topological polar surface area (TPSA) is 50.8 Å². The Balaban J connectivity index is 0.000000774. The maximum atomic E-state index is 12.4. The van der Waals surface area contributed by atoms with E-state index in [1.165, 1.54) is 11.0 Å². The smallest absolute Gasteiger partial charge is 0.224 e. The molecule has 1 aromatic carbocycles. The van der Waals surface area contributed by atoms with Gasteiger partial charge in [-0.3, -0.25) is 0 Å². The van der Waals surface area contributed by atoms with Crippen molar-refractivity contribution >= 4 is 28.3 Å². The van der Waals surface area contributed by atoms with Gasteiger partial charge in [-0.25, -0.2) is 9.97 Å². The second-order valence-electron chi connectivity index (χ2n) is 4.13. The molecule has 0 N–H and O–H groups in total. The van der Waals surface area contributed by atoms with Gasteiger partial charge in [0.2, 0.25) is 5.65 Å². The third kappa shape index (κ3) is 2.78. The summed E-state index contributed by atoms with van der Waals surface area (Å²) in [6.45, 7) is 5.87. The van der Waals surface area contributed by atoms with Gasteiger partial charge in [-0.15, -0.1) is 0 Å². The summed E-state index contributed by atoms with van der Waals surface area (Å²) in [6.07, 6.45) is 3.05. The molecule has 0 aliphatic carbocycles. The fourth-order valence-electron chi connectivity index (χ4n) is 2.00. The summed E-state index contributed by atoms with van der Waals surface area (Å²) in [7, 11) is 0. The number of fused-ring (bicyclic) bond motifs is 1. The van der Waals surface area contributed by atoms with E-state index >= 15 is 0 Å². The fraction of sp³-hybridized carbons (Fsp3) is 0.200. The molecule has 3 rings (SSSR count). The predicted molar refractivity (Wildman–Crippen MR) is 85.6 cm³/mol. The number of hydrogen-bond donors (Lipinski definition) is 0. The van der Waals surface area contributed by atoms with Crippen molar-refractivity contribution in [2.45, 2.75) is 20.8 Å². The maximum absolute atomic E-state index is 12.4. The highest BCUT2D eigenvalue weighted by Gasteiger charge is 2.22. The van der Waals surface area contributed by atoms with Gasteiger partial charge in [0, 0.05) is 12.1 Å². The zero-order valence-electron chi connectivity index (χ0n) is 12.1. The number of hydrogen-bond acceptors (Lipinski definition) is 3. The summed E-state index contributed by atoms with van der Waals surface area (Å²) < 4.78 is 1.42. The minimum Gasteiger partial charge on any atom is -0.224 e. The first-order valence-corrected chi connectivity index (χ1v) is 7.07. The molecule has 21 heavy (non-hydrogen) atoms. The Labute approximate surface area is 127 Å². The molecule has 5 nitrogen and oxygen atoms in total. The molecule has 3 aromatic rings. The van der Waals surface area contributed by atoms with Crippen LogP contribution in [0.4, 0.5) is 5.69 Å². The summed E-state index contributed by atoms with van der Waals surface area (Å²) in [6, 6.07) is 8.94. The van der Waals surface area contributed by atoms with Crippen molar-refractivity contribution in [3.05, 3.63) is 58.5 Å². The van der Waals surface area contributed by atoms with Gasteiger partial charge in [0.25, 0.3) is 5.69 Å². The monoisotopic (exact) mass is 303 g/mol. The zero-order valence-corrected chi connectivity index (χ0v) is 12.9. The van der Waals surface area contributed by atoms with Crippen LogP contribution < -0.4 is 4.87 Å². The third-order valence-corrected chi connectivity index (χ3v) is 3.17. The van der Waals surface area contributed by atoms with Crippen LogP contribution in [0.15, 0.2) is 42.9 Å². The quantitative estimate of drug-likeness (QED) is 0.528. The van der Waals surface area contributed by atoms with Crippen LogP contribution in [0.3, 0.4) is 0 Å². The van der Waals surface area contributed by atoms with Crippen molar-refractivity contribution in [2.24, 2.45) is 0 Å². The number of para-hydroxylation sites is 1. The van der Waals surface area contributed by atoms with Crippen LogP contribution in [0.5, 0.6) is 0 Å². The van der Waals surface area contributed by atoms with Gasteiger partial charge in [-0.1, -0.05) is 48.3 Å². The van der Waals surface area contributed by atoms with Crippen LogP contribution in [0, 0.1) is 11.8 Å². The van der Waals surface area contributed by atoms with Crippen LogP contribution in [0.2, 0.25) is 5.15 Å². The molecule has 0 unspecified atom stereocenters. The van der Waals surface area contributed by atoms with E-state index in [0.717, 1.165) is 10.4 Å². The van der Waals surface area contributed by atoms with Gasteiger partial charge in [0.15, 0.2) is 4.87 Å². The van der Waals surface area contributed by atoms with Crippen molar-refractivity contribution in [1.82, 2.24) is 19.5 Å². The third-order valence-electron chi connectivity index (χ3n) is 2.88. The van der Waals surface area contributed by atoms with Crippen LogP contribution in [0.25, 0.3) is 11.0 Å². The van der Waals surface area contributed by atoms with E-state index in [2.05, 4.69) is 9.97 Å². The van der Waals surface area contributed by atoms with Gasteiger partial charge >= 0.3 is 0 Å². The molecular formula is C15H16ClN4O+. The standard InChI is InChI=1S/C13H10ClN4O.C2H6/c1-9-7-17(13-11(9)12(14)15-8-16-13)18(19)10-5-3-2-4-6-10;1-2/h2-8H,1H3;1-2H3/q+1;. The Morgan fingerprint density at radius 3 is 2.48 bits per heavy atom. The van der Waals surface area contributed by atoms with Gasteiger partial charge in [0.1, 0.15) is 11.5 Å². The summed E-state index contributed by atoms with van der Waals surface area (Å²) in [5.74, 6) is 0. The average molecular weight is 304 g/mol. The van der Waals surface area contributed by atoms with Crippen LogP contribution >= 0.6 is 11.6 Å². The molecule has 108 valence electrons. The van der Waals surface area contributed by atoms with E-state index in [4.69, 9.17) is 11.6 Å². The molecular weight excluding hydrogens is 288 g/mol. The average Bonchev–Trinajstić information content (AvgIpc) is 2.88. The Hall–Kier alpha value is -2.27. The summed E-state index contributed by atoms with van der Waals surface area (Å²) in [5, 5.41) is 1.05. The molecule has 0 aliphatic heterocycles. The number of halogens is 1. The molecule has 0 fully saturated rings. The molecule has 0 spiro atoms. The van der Waals surface area contributed by atoms with Gasteiger partial charge in [-0.05, 0) is 12.5 Å². The lowest BCUT2D eigenvalue weighted by Crippen LogP contribution is -2.14. The van der Waals surface area contributed by atoms with Gasteiger partial charge < -0.3 is 0 Å². The lowest BCUT2D eigenvalue weighted by atomic mass is 10.3. The summed E-state index contributed by atoms with van der Waals surface area (Å²) >= 11 is 6.04. The van der Waals surface area contributed by atoms with Crippen molar-refractivity contribution in [2.75, 3.05) is 0 Å². The lowest BCUT2D eigenvalue weighted by Gasteiger charge is -1.95. The van der Waals surface area contributed by atoms with Gasteiger partial charge in [0.05, 0.1) is 16.5 Å². The van der Waals surface area contributed by atoms with Crippen LogP contribution in [-0.4, -0.2) is 14.6 Å². The van der Waals surface area contributed by atoms with E-state index in [-0.39, 0.29) is 0 Å². The number of aryl methyl sites for hydroxylation is 1. The first-order chi connectivity index (χ1) is 10.2. The Morgan fingerprint density at radius 1 is 1.14 bits per heavy atom. The van der Waals surface area contributed by atoms with E-state index < -0.39 is 0 Å². The van der Waals surface area contributed by atoms with Crippen LogP contribution in [0.1, 0.15) is 19.4 Å². The first-order valence-electron chi connectivity index (χ1n) is 6.69. The molecule has 6 heteroatoms. The number of benzene rings is 1. The molecule has 0 bridgehead atoms. The minimum atomic E-state index is 0.350. The van der Waals surface area contributed by atoms with E-state index in [1.54, 1.807) is 30.5 Å². The maximum Gasteiger partial charge on any atom is 0.293 e. The largest absolute Gasteiger partial charge is 0.293 e. The van der Waals surface area contributed by atoms with E-state index in [9.17, 15) is 4.91 Å². The normalized spacial score (nSPS) is 10.1. The van der Waals surface area contributed by atoms with Crippen LogP contribution in [-0.2, 0) is 0 Å². The SMILES string of the molecule is CC.Cc1cn([N+](=O)c2ccccc2)c2ncnc(Cl)c12. The minimum absolute atomic E-state index is 0.350. The Morgan fingerprint density at radius 2 is 1.81 bits per heavy atom. The number of nitrogens with zero attached hydrogens (tertiary/aromatic N) is 4. The van der Waals surface area contributed by atoms with Crippen molar-refractivity contribution in [3.63, 3.8) is 0 Å². The predicted octanol–water partition coefficient (Wildman–Crippen LogP) is 4.15. The molecule has 2 heterocycles. The molecule has 0 atom stereocenters. The van der Waals surface area contributed by atoms with Gasteiger partial charge in [-0.2, -0.15) is 0 Å².